The first-order valence-electron chi connectivity index (χ1n) is 6.20. The van der Waals surface area contributed by atoms with Crippen molar-refractivity contribution in [3.05, 3.63) is 0 Å². The molecule has 1 atom stereocenters. The molecule has 0 amide bonds. The van der Waals surface area contributed by atoms with E-state index < -0.39 is 0 Å². The summed E-state index contributed by atoms with van der Waals surface area (Å²) in [5.41, 5.74) is 0.263. The number of hydrogen-bond acceptors (Lipinski definition) is 5. The zero-order chi connectivity index (χ0) is 12.1. The molecule has 0 N–H and O–H groups in total. The average Bonchev–Trinajstić information content (AvgIpc) is 2.40. The molecule has 0 bridgehead atoms. The predicted molar refractivity (Wildman–Crippen MR) is 68.1 cm³/mol. The average molecular weight is 256 g/mol. The van der Waals surface area contributed by atoms with Gasteiger partial charge in [-0.25, -0.2) is 0 Å². The van der Waals surface area contributed by atoms with Gasteiger partial charge in [0.25, 0.3) is 0 Å². The van der Waals surface area contributed by atoms with Crippen LogP contribution in [0.3, 0.4) is 0 Å². The molecule has 0 aliphatic carbocycles. The number of nitrogens with zero attached hydrogens (tertiary/aromatic N) is 2. The third-order valence-electron chi connectivity index (χ3n) is 3.74. The van der Waals surface area contributed by atoms with Crippen molar-refractivity contribution in [1.82, 2.24) is 4.90 Å². The molecule has 17 heavy (non-hydrogen) atoms. The zero-order valence-electron chi connectivity index (χ0n) is 10.1. The summed E-state index contributed by atoms with van der Waals surface area (Å²) in [5.74, 6) is 0.894. The van der Waals surface area contributed by atoms with E-state index in [1.165, 1.54) is 0 Å². The van der Waals surface area contributed by atoms with E-state index in [0.29, 0.717) is 6.61 Å². The van der Waals surface area contributed by atoms with E-state index in [4.69, 9.17) is 14.7 Å². The van der Waals surface area contributed by atoms with Crippen molar-refractivity contribution < 1.29 is 9.47 Å². The topological polar surface area (TPSA) is 45.5 Å². The summed E-state index contributed by atoms with van der Waals surface area (Å²) >= 11 is 4.52. The normalized spacial score (nSPS) is 29.8. The highest BCUT2D eigenvalue weighted by atomic mass is 32.1. The van der Waals surface area contributed by atoms with Crippen molar-refractivity contribution in [2.24, 2.45) is 5.41 Å². The Balaban J connectivity index is 1.91. The van der Waals surface area contributed by atoms with Gasteiger partial charge in [0.15, 0.2) is 6.10 Å². The van der Waals surface area contributed by atoms with Gasteiger partial charge in [-0.3, -0.25) is 4.90 Å². The number of morpholine rings is 1. The second kappa shape index (κ2) is 6.05. The fourth-order valence-corrected chi connectivity index (χ4v) is 2.99. The molecule has 2 saturated heterocycles. The molecular weight excluding hydrogens is 236 g/mol. The molecule has 1 unspecified atom stereocenters. The van der Waals surface area contributed by atoms with Crippen molar-refractivity contribution in [2.45, 2.75) is 18.9 Å². The third kappa shape index (κ3) is 3.35. The molecule has 2 fully saturated rings. The van der Waals surface area contributed by atoms with Crippen LogP contribution in [-0.2, 0) is 9.47 Å². The Morgan fingerprint density at radius 2 is 2.12 bits per heavy atom. The molecular formula is C12H20N2O2S. The van der Waals surface area contributed by atoms with Crippen LogP contribution in [0.5, 0.6) is 0 Å². The fourth-order valence-electron chi connectivity index (χ4n) is 2.57. The van der Waals surface area contributed by atoms with Gasteiger partial charge in [-0.1, -0.05) is 0 Å². The molecule has 2 heterocycles. The molecule has 0 spiro atoms. The first-order valence-corrected chi connectivity index (χ1v) is 6.83. The summed E-state index contributed by atoms with van der Waals surface area (Å²) in [6.07, 6.45) is 1.89. The zero-order valence-corrected chi connectivity index (χ0v) is 11.0. The molecule has 0 saturated carbocycles. The summed E-state index contributed by atoms with van der Waals surface area (Å²) < 4.78 is 10.8. The molecule has 96 valence electrons. The van der Waals surface area contributed by atoms with Crippen LogP contribution in [0.25, 0.3) is 0 Å². The smallest absolute Gasteiger partial charge is 0.156 e. The fraction of sp³-hybridized carbons (Fsp3) is 0.917. The summed E-state index contributed by atoms with van der Waals surface area (Å²) in [7, 11) is 0. The van der Waals surface area contributed by atoms with E-state index in [0.717, 1.165) is 51.4 Å². The molecule has 0 aromatic heterocycles. The summed E-state index contributed by atoms with van der Waals surface area (Å²) in [5, 5.41) is 8.90. The van der Waals surface area contributed by atoms with Gasteiger partial charge >= 0.3 is 0 Å². The SMILES string of the molecule is N#CC1CN(CC2(CS)CCOCC2)CCO1. The van der Waals surface area contributed by atoms with Crippen molar-refractivity contribution >= 4 is 12.6 Å². The predicted octanol–water partition coefficient (Wildman–Crippen LogP) is 0.937. The van der Waals surface area contributed by atoms with Gasteiger partial charge in [0.2, 0.25) is 0 Å². The van der Waals surface area contributed by atoms with E-state index in [-0.39, 0.29) is 11.5 Å². The maximum absolute atomic E-state index is 8.90. The minimum absolute atomic E-state index is 0.263. The Morgan fingerprint density at radius 1 is 1.35 bits per heavy atom. The van der Waals surface area contributed by atoms with Gasteiger partial charge in [-0.05, 0) is 24.0 Å². The largest absolute Gasteiger partial charge is 0.381 e. The Hall–Kier alpha value is -0.280. The number of nitriles is 1. The molecule has 0 aromatic carbocycles. The molecule has 2 aliphatic rings. The first-order chi connectivity index (χ1) is 8.28. The number of thiol groups is 1. The number of ether oxygens (including phenoxy) is 2. The van der Waals surface area contributed by atoms with Gasteiger partial charge < -0.3 is 9.47 Å². The maximum atomic E-state index is 8.90. The van der Waals surface area contributed by atoms with E-state index in [1.54, 1.807) is 0 Å². The summed E-state index contributed by atoms with van der Waals surface area (Å²) in [6.45, 7) is 5.01. The van der Waals surface area contributed by atoms with Crippen LogP contribution in [0.2, 0.25) is 0 Å². The number of hydrogen-bond donors (Lipinski definition) is 1. The highest BCUT2D eigenvalue weighted by molar-refractivity contribution is 7.80. The lowest BCUT2D eigenvalue weighted by Crippen LogP contribution is -2.49. The lowest BCUT2D eigenvalue weighted by atomic mass is 9.81. The van der Waals surface area contributed by atoms with Gasteiger partial charge in [0.1, 0.15) is 0 Å². The van der Waals surface area contributed by atoms with Gasteiger partial charge in [-0.15, -0.1) is 0 Å². The van der Waals surface area contributed by atoms with Crippen LogP contribution < -0.4 is 0 Å². The molecule has 0 aromatic rings. The van der Waals surface area contributed by atoms with Gasteiger partial charge in [0, 0.05) is 32.8 Å². The minimum atomic E-state index is -0.263. The van der Waals surface area contributed by atoms with Crippen LogP contribution in [0.4, 0.5) is 0 Å². The van der Waals surface area contributed by atoms with Gasteiger partial charge in [0.05, 0.1) is 12.7 Å². The third-order valence-corrected chi connectivity index (χ3v) is 4.41. The quantitative estimate of drug-likeness (QED) is 0.763. The lowest BCUT2D eigenvalue weighted by molar-refractivity contribution is -0.0368. The molecule has 4 nitrogen and oxygen atoms in total. The van der Waals surface area contributed by atoms with E-state index in [9.17, 15) is 0 Å². The molecule has 2 aliphatic heterocycles. The van der Waals surface area contributed by atoms with Crippen LogP contribution in [0, 0.1) is 16.7 Å². The maximum Gasteiger partial charge on any atom is 0.156 e. The number of rotatable bonds is 3. The lowest BCUT2D eigenvalue weighted by Gasteiger charge is -2.41. The minimum Gasteiger partial charge on any atom is -0.381 e. The Morgan fingerprint density at radius 3 is 2.76 bits per heavy atom. The van der Waals surface area contributed by atoms with Crippen LogP contribution in [0.1, 0.15) is 12.8 Å². The second-order valence-electron chi connectivity index (χ2n) is 4.99. The summed E-state index contributed by atoms with van der Waals surface area (Å²) in [4.78, 5) is 2.35. The van der Waals surface area contributed by atoms with E-state index >= 15 is 0 Å². The van der Waals surface area contributed by atoms with E-state index in [2.05, 4.69) is 23.6 Å². The summed E-state index contributed by atoms with van der Waals surface area (Å²) in [6, 6.07) is 2.19. The van der Waals surface area contributed by atoms with Crippen LogP contribution in [0.15, 0.2) is 0 Å². The molecule has 2 rings (SSSR count). The Kier molecular flexibility index (Phi) is 4.69. The Labute approximate surface area is 108 Å². The van der Waals surface area contributed by atoms with Crippen molar-refractivity contribution in [3.8, 4) is 6.07 Å². The Bertz CT molecular complexity index is 287. The van der Waals surface area contributed by atoms with Crippen molar-refractivity contribution in [3.63, 3.8) is 0 Å². The van der Waals surface area contributed by atoms with Crippen LogP contribution in [-0.4, -0.2) is 56.2 Å². The van der Waals surface area contributed by atoms with Crippen molar-refractivity contribution in [2.75, 3.05) is 45.2 Å². The molecule has 5 heteroatoms. The molecule has 0 radical (unpaired) electrons. The van der Waals surface area contributed by atoms with Crippen molar-refractivity contribution in [1.29, 1.82) is 5.26 Å². The van der Waals surface area contributed by atoms with Gasteiger partial charge in [-0.2, -0.15) is 17.9 Å². The highest BCUT2D eigenvalue weighted by Gasteiger charge is 2.34. The monoisotopic (exact) mass is 256 g/mol. The second-order valence-corrected chi connectivity index (χ2v) is 5.31. The highest BCUT2D eigenvalue weighted by Crippen LogP contribution is 2.33. The standard InChI is InChI=1S/C12H20N2O2S/c13-7-11-8-14(3-6-16-11)9-12(10-17)1-4-15-5-2-12/h11,17H,1-6,8-10H2. The van der Waals surface area contributed by atoms with E-state index in [1.807, 2.05) is 0 Å². The first kappa shape index (κ1) is 13.2. The van der Waals surface area contributed by atoms with Crippen LogP contribution >= 0.6 is 12.6 Å².